The van der Waals surface area contributed by atoms with Gasteiger partial charge in [0.2, 0.25) is 0 Å². The van der Waals surface area contributed by atoms with Crippen LogP contribution in [0.1, 0.15) is 15.9 Å². The molecule has 3 aromatic rings. The molecule has 0 aliphatic heterocycles. The SMILES string of the molecule is Cc1ccc(C(=O)O)cc1S(=O)(=O)Nc1nc2ccccc2s1. The largest absolute Gasteiger partial charge is 0.478 e. The molecule has 0 spiro atoms. The number of hydrogen-bond acceptors (Lipinski definition) is 5. The Bertz CT molecular complexity index is 976. The summed E-state index contributed by atoms with van der Waals surface area (Å²) in [5.74, 6) is -1.18. The average Bonchev–Trinajstić information content (AvgIpc) is 2.88. The summed E-state index contributed by atoms with van der Waals surface area (Å²) in [4.78, 5) is 15.2. The summed E-state index contributed by atoms with van der Waals surface area (Å²) < 4.78 is 28.4. The Kier molecular flexibility index (Phi) is 3.78. The maximum Gasteiger partial charge on any atom is 0.335 e. The highest BCUT2D eigenvalue weighted by molar-refractivity contribution is 7.93. The number of aromatic carboxylic acids is 1. The number of aromatic nitrogens is 1. The number of fused-ring (bicyclic) bond motifs is 1. The summed E-state index contributed by atoms with van der Waals surface area (Å²) >= 11 is 1.22. The quantitative estimate of drug-likeness (QED) is 0.755. The lowest BCUT2D eigenvalue weighted by molar-refractivity contribution is 0.0696. The number of nitrogens with one attached hydrogen (secondary N) is 1. The first-order chi connectivity index (χ1) is 10.9. The van der Waals surface area contributed by atoms with E-state index in [0.29, 0.717) is 11.1 Å². The van der Waals surface area contributed by atoms with Crippen LogP contribution in [0.3, 0.4) is 0 Å². The van der Waals surface area contributed by atoms with E-state index < -0.39 is 16.0 Å². The van der Waals surface area contributed by atoms with E-state index in [1.165, 1.54) is 23.5 Å². The predicted octanol–water partition coefficient (Wildman–Crippen LogP) is 3.10. The van der Waals surface area contributed by atoms with Crippen molar-refractivity contribution < 1.29 is 18.3 Å². The van der Waals surface area contributed by atoms with E-state index in [4.69, 9.17) is 5.11 Å². The van der Waals surface area contributed by atoms with E-state index in [-0.39, 0.29) is 15.6 Å². The Morgan fingerprint density at radius 1 is 1.22 bits per heavy atom. The molecule has 0 aliphatic carbocycles. The van der Waals surface area contributed by atoms with Crippen molar-refractivity contribution in [1.82, 2.24) is 4.98 Å². The van der Waals surface area contributed by atoms with Crippen molar-refractivity contribution in [3.63, 3.8) is 0 Å². The fraction of sp³-hybridized carbons (Fsp3) is 0.0667. The highest BCUT2D eigenvalue weighted by Gasteiger charge is 2.20. The van der Waals surface area contributed by atoms with Crippen LogP contribution >= 0.6 is 11.3 Å². The van der Waals surface area contributed by atoms with Crippen LogP contribution in [0.4, 0.5) is 5.13 Å². The van der Waals surface area contributed by atoms with Gasteiger partial charge in [-0.25, -0.2) is 18.2 Å². The third-order valence-corrected chi connectivity index (χ3v) is 5.80. The number of nitrogens with zero attached hydrogens (tertiary/aromatic N) is 1. The zero-order valence-electron chi connectivity index (χ0n) is 12.0. The molecule has 0 radical (unpaired) electrons. The standard InChI is InChI=1S/C15H12N2O4S2/c1-9-6-7-10(14(18)19)8-13(9)23(20,21)17-15-16-11-4-2-3-5-12(11)22-15/h2-8H,1H3,(H,16,17)(H,18,19). The van der Waals surface area contributed by atoms with Crippen LogP contribution in [0.5, 0.6) is 0 Å². The maximum atomic E-state index is 12.5. The van der Waals surface area contributed by atoms with Gasteiger partial charge in [0.15, 0.2) is 5.13 Å². The zero-order chi connectivity index (χ0) is 16.6. The van der Waals surface area contributed by atoms with Crippen LogP contribution < -0.4 is 4.72 Å². The van der Waals surface area contributed by atoms with Crippen molar-refractivity contribution in [2.45, 2.75) is 11.8 Å². The smallest absolute Gasteiger partial charge is 0.335 e. The molecule has 3 rings (SSSR count). The molecule has 23 heavy (non-hydrogen) atoms. The summed E-state index contributed by atoms with van der Waals surface area (Å²) in [7, 11) is -3.91. The molecule has 8 heteroatoms. The van der Waals surface area contributed by atoms with Gasteiger partial charge in [0.1, 0.15) is 0 Å². The Labute approximate surface area is 136 Å². The molecule has 0 unspecified atom stereocenters. The number of benzene rings is 2. The molecule has 0 saturated heterocycles. The van der Waals surface area contributed by atoms with Crippen molar-refractivity contribution >= 4 is 42.7 Å². The minimum Gasteiger partial charge on any atom is -0.478 e. The molecule has 1 aromatic heterocycles. The summed E-state index contributed by atoms with van der Waals surface area (Å²) in [5.41, 5.74) is 1.08. The van der Waals surface area contributed by atoms with E-state index in [2.05, 4.69) is 9.71 Å². The second-order valence-electron chi connectivity index (χ2n) is 4.88. The zero-order valence-corrected chi connectivity index (χ0v) is 13.6. The van der Waals surface area contributed by atoms with E-state index in [9.17, 15) is 13.2 Å². The molecule has 2 N–H and O–H groups in total. The van der Waals surface area contributed by atoms with E-state index in [1.807, 2.05) is 18.2 Å². The molecule has 0 amide bonds. The minimum atomic E-state index is -3.91. The molecule has 0 aliphatic rings. The summed E-state index contributed by atoms with van der Waals surface area (Å²) in [6, 6.07) is 11.3. The van der Waals surface area contributed by atoms with Gasteiger partial charge in [-0.1, -0.05) is 29.5 Å². The van der Waals surface area contributed by atoms with Gasteiger partial charge in [-0.3, -0.25) is 4.72 Å². The highest BCUT2D eigenvalue weighted by Crippen LogP contribution is 2.28. The van der Waals surface area contributed by atoms with Gasteiger partial charge in [0, 0.05) is 0 Å². The number of anilines is 1. The molecular formula is C15H12N2O4S2. The first-order valence-corrected chi connectivity index (χ1v) is 8.89. The second kappa shape index (κ2) is 5.64. The van der Waals surface area contributed by atoms with Crippen LogP contribution in [0.2, 0.25) is 0 Å². The number of carbonyl (C=O) groups is 1. The fourth-order valence-corrected chi connectivity index (χ4v) is 4.48. The Balaban J connectivity index is 2.01. The van der Waals surface area contributed by atoms with Crippen molar-refractivity contribution in [3.8, 4) is 0 Å². The normalized spacial score (nSPS) is 11.5. The van der Waals surface area contributed by atoms with Crippen LogP contribution in [0.25, 0.3) is 10.2 Å². The number of thiazole rings is 1. The number of aryl methyl sites for hydroxylation is 1. The second-order valence-corrected chi connectivity index (χ2v) is 7.56. The fourth-order valence-electron chi connectivity index (χ4n) is 2.11. The summed E-state index contributed by atoms with van der Waals surface area (Å²) in [6.45, 7) is 1.61. The monoisotopic (exact) mass is 348 g/mol. The molecule has 0 bridgehead atoms. The Morgan fingerprint density at radius 2 is 1.96 bits per heavy atom. The van der Waals surface area contributed by atoms with Crippen LogP contribution in [-0.2, 0) is 10.0 Å². The molecule has 118 valence electrons. The van der Waals surface area contributed by atoms with Crippen molar-refractivity contribution in [2.75, 3.05) is 4.72 Å². The molecule has 1 heterocycles. The number of rotatable bonds is 4. The minimum absolute atomic E-state index is 0.0725. The van der Waals surface area contributed by atoms with Crippen LogP contribution in [0, 0.1) is 6.92 Å². The molecule has 0 saturated carbocycles. The number of carboxylic acid groups (broad SMARTS) is 1. The van der Waals surface area contributed by atoms with Gasteiger partial charge in [-0.2, -0.15) is 0 Å². The molecule has 0 fully saturated rings. The molecule has 2 aromatic carbocycles. The van der Waals surface area contributed by atoms with Crippen molar-refractivity contribution in [2.24, 2.45) is 0 Å². The van der Waals surface area contributed by atoms with Gasteiger partial charge >= 0.3 is 5.97 Å². The van der Waals surface area contributed by atoms with E-state index >= 15 is 0 Å². The van der Waals surface area contributed by atoms with E-state index in [1.54, 1.807) is 13.0 Å². The van der Waals surface area contributed by atoms with Crippen molar-refractivity contribution in [3.05, 3.63) is 53.6 Å². The highest BCUT2D eigenvalue weighted by atomic mass is 32.2. The molecule has 6 nitrogen and oxygen atoms in total. The van der Waals surface area contributed by atoms with Crippen LogP contribution in [0.15, 0.2) is 47.4 Å². The Morgan fingerprint density at radius 3 is 2.65 bits per heavy atom. The lowest BCUT2D eigenvalue weighted by Gasteiger charge is -2.09. The third kappa shape index (κ3) is 3.03. The van der Waals surface area contributed by atoms with Gasteiger partial charge in [0.05, 0.1) is 20.7 Å². The van der Waals surface area contributed by atoms with Crippen molar-refractivity contribution in [1.29, 1.82) is 0 Å². The van der Waals surface area contributed by atoms with Crippen LogP contribution in [-0.4, -0.2) is 24.5 Å². The summed E-state index contributed by atoms with van der Waals surface area (Å²) in [6.07, 6.45) is 0. The topological polar surface area (TPSA) is 96.4 Å². The van der Waals surface area contributed by atoms with Gasteiger partial charge in [-0.05, 0) is 36.8 Å². The Hall–Kier alpha value is -2.45. The number of carboxylic acids is 1. The lowest BCUT2D eigenvalue weighted by Crippen LogP contribution is -2.15. The molecule has 0 atom stereocenters. The summed E-state index contributed by atoms with van der Waals surface area (Å²) in [5, 5.41) is 9.27. The molecular weight excluding hydrogens is 336 g/mol. The third-order valence-electron chi connectivity index (χ3n) is 3.24. The predicted molar refractivity (Wildman–Crippen MR) is 88.6 cm³/mol. The first-order valence-electron chi connectivity index (χ1n) is 6.59. The number of para-hydroxylation sites is 1. The number of sulfonamides is 1. The van der Waals surface area contributed by atoms with Gasteiger partial charge in [-0.15, -0.1) is 0 Å². The van der Waals surface area contributed by atoms with E-state index in [0.717, 1.165) is 10.8 Å². The lowest BCUT2D eigenvalue weighted by atomic mass is 10.1. The average molecular weight is 348 g/mol. The maximum absolute atomic E-state index is 12.5. The number of hydrogen-bond donors (Lipinski definition) is 2. The first kappa shape index (κ1) is 15.4. The van der Waals surface area contributed by atoms with Gasteiger partial charge in [0.25, 0.3) is 10.0 Å². The van der Waals surface area contributed by atoms with Gasteiger partial charge < -0.3 is 5.11 Å².